The first-order valence-electron chi connectivity index (χ1n) is 17.3. The first-order valence-corrected chi connectivity index (χ1v) is 17.3. The normalized spacial score (nSPS) is 12.1. The van der Waals surface area contributed by atoms with E-state index in [4.69, 9.17) is 9.47 Å². The van der Waals surface area contributed by atoms with E-state index in [0.29, 0.717) is 17.7 Å². The smallest absolute Gasteiger partial charge is 0.143 e. The maximum Gasteiger partial charge on any atom is 0.143 e. The predicted molar refractivity (Wildman–Crippen MR) is 186 cm³/mol. The van der Waals surface area contributed by atoms with Crippen LogP contribution in [0.2, 0.25) is 0 Å². The Labute approximate surface area is 276 Å². The highest BCUT2D eigenvalue weighted by molar-refractivity contribution is 5.47. The number of benzene rings is 4. The van der Waals surface area contributed by atoms with Crippen molar-refractivity contribution in [3.8, 4) is 6.07 Å². The molecule has 4 aromatic rings. The van der Waals surface area contributed by atoms with Gasteiger partial charge < -0.3 is 9.47 Å². The summed E-state index contributed by atoms with van der Waals surface area (Å²) in [4.78, 5) is 0. The van der Waals surface area contributed by atoms with E-state index < -0.39 is 11.4 Å². The number of ether oxygens (including phenoxy) is 2. The topological polar surface area (TPSA) is 42.2 Å². The van der Waals surface area contributed by atoms with Crippen LogP contribution in [0.1, 0.15) is 112 Å². The molecular weight excluding hydrogens is 569 g/mol. The second-order valence-electron chi connectivity index (χ2n) is 12.3. The van der Waals surface area contributed by atoms with Crippen LogP contribution in [0.3, 0.4) is 0 Å². The Morgan fingerprint density at radius 1 is 0.652 bits per heavy atom. The van der Waals surface area contributed by atoms with E-state index in [9.17, 15) is 9.65 Å². The van der Waals surface area contributed by atoms with Crippen LogP contribution in [0.25, 0.3) is 0 Å². The Balaban J connectivity index is 1.48. The van der Waals surface area contributed by atoms with E-state index in [0.717, 1.165) is 36.0 Å². The quantitative estimate of drug-likeness (QED) is 0.0688. The van der Waals surface area contributed by atoms with Crippen molar-refractivity contribution in [3.05, 3.63) is 143 Å². The van der Waals surface area contributed by atoms with Crippen molar-refractivity contribution in [1.82, 2.24) is 0 Å². The summed E-state index contributed by atoms with van der Waals surface area (Å²) in [6.45, 7) is 2.84. The van der Waals surface area contributed by atoms with Gasteiger partial charge in [-0.3, -0.25) is 0 Å². The van der Waals surface area contributed by atoms with E-state index in [-0.39, 0.29) is 12.7 Å². The minimum Gasteiger partial charge on any atom is -0.371 e. The number of unbranched alkanes of at least 4 members (excludes halogenated alkanes) is 10. The highest BCUT2D eigenvalue weighted by Crippen LogP contribution is 2.40. The number of hydrogen-bond donors (Lipinski definition) is 0. The first-order chi connectivity index (χ1) is 22.7. The van der Waals surface area contributed by atoms with Crippen LogP contribution in [0.4, 0.5) is 4.39 Å². The van der Waals surface area contributed by atoms with Crippen LogP contribution in [-0.2, 0) is 21.7 Å². The molecule has 0 saturated carbocycles. The molecule has 0 spiro atoms. The van der Waals surface area contributed by atoms with Gasteiger partial charge in [-0.25, -0.2) is 4.39 Å². The molecule has 0 N–H and O–H groups in total. The second-order valence-corrected chi connectivity index (χ2v) is 12.3. The third-order valence-corrected chi connectivity index (χ3v) is 8.73. The van der Waals surface area contributed by atoms with Crippen molar-refractivity contribution in [2.45, 2.75) is 102 Å². The average Bonchev–Trinajstić information content (AvgIpc) is 3.10. The highest BCUT2D eigenvalue weighted by atomic mass is 19.1. The van der Waals surface area contributed by atoms with Crippen LogP contribution in [-0.4, -0.2) is 12.7 Å². The summed E-state index contributed by atoms with van der Waals surface area (Å²) in [7, 11) is 0. The summed E-state index contributed by atoms with van der Waals surface area (Å²) < 4.78 is 27.8. The third-order valence-electron chi connectivity index (χ3n) is 8.73. The summed E-state index contributed by atoms with van der Waals surface area (Å²) in [5.74, 6) is -0.424. The minimum absolute atomic E-state index is 0.206. The number of nitriles is 1. The maximum absolute atomic E-state index is 14.2. The molecule has 0 aliphatic rings. The van der Waals surface area contributed by atoms with Crippen LogP contribution < -0.4 is 0 Å². The molecule has 0 aromatic heterocycles. The molecule has 46 heavy (non-hydrogen) atoms. The standard InChI is InChI=1S/C42H50FNO2/c1-2-3-4-5-6-7-8-9-10-11-21-28-41(45-33-36-29-35(32-44)30-40(43)31-36)34-46-42(37-22-15-12-16-23-37,38-24-17-13-18-25-38)39-26-19-14-20-27-39/h12-20,22-27,29-31,41H,2-11,21,28,33-34H2,1H3/t41-/m0/s1. The summed E-state index contributed by atoms with van der Waals surface area (Å²) in [6, 6.07) is 37.6. The molecule has 0 heterocycles. The van der Waals surface area contributed by atoms with Crippen LogP contribution in [0, 0.1) is 17.1 Å². The molecule has 4 rings (SSSR count). The molecule has 0 fully saturated rings. The number of halogens is 1. The Morgan fingerprint density at radius 2 is 1.13 bits per heavy atom. The Morgan fingerprint density at radius 3 is 1.61 bits per heavy atom. The van der Waals surface area contributed by atoms with Gasteiger partial charge in [0.05, 0.1) is 31.0 Å². The first kappa shape index (κ1) is 35.1. The van der Waals surface area contributed by atoms with Gasteiger partial charge in [0.1, 0.15) is 11.4 Å². The largest absolute Gasteiger partial charge is 0.371 e. The molecule has 0 amide bonds. The molecule has 4 aromatic carbocycles. The Kier molecular flexibility index (Phi) is 15.0. The zero-order valence-corrected chi connectivity index (χ0v) is 27.5. The number of rotatable bonds is 21. The van der Waals surface area contributed by atoms with Crippen molar-refractivity contribution in [2.75, 3.05) is 6.61 Å². The van der Waals surface area contributed by atoms with Crippen molar-refractivity contribution in [1.29, 1.82) is 5.26 Å². The molecule has 0 radical (unpaired) electrons. The summed E-state index contributed by atoms with van der Waals surface area (Å²) >= 11 is 0. The van der Waals surface area contributed by atoms with E-state index in [2.05, 4.69) is 85.8 Å². The lowest BCUT2D eigenvalue weighted by Crippen LogP contribution is -2.36. The predicted octanol–water partition coefficient (Wildman–Crippen LogP) is 11.3. The fourth-order valence-electron chi connectivity index (χ4n) is 6.25. The van der Waals surface area contributed by atoms with Gasteiger partial charge in [0.2, 0.25) is 0 Å². The third kappa shape index (κ3) is 10.6. The van der Waals surface area contributed by atoms with Gasteiger partial charge >= 0.3 is 0 Å². The molecule has 242 valence electrons. The summed E-state index contributed by atoms with van der Waals surface area (Å²) in [5, 5.41) is 9.35. The molecule has 0 saturated heterocycles. The van der Waals surface area contributed by atoms with Crippen LogP contribution in [0.5, 0.6) is 0 Å². The maximum atomic E-state index is 14.2. The summed E-state index contributed by atoms with van der Waals surface area (Å²) in [6.07, 6.45) is 14.7. The zero-order chi connectivity index (χ0) is 32.3. The SMILES string of the molecule is CCCCCCCCCCCCC[C@@H](COC(c1ccccc1)(c1ccccc1)c1ccccc1)OCc1cc(F)cc(C#N)c1. The lowest BCUT2D eigenvalue weighted by molar-refractivity contribution is -0.0731. The van der Waals surface area contributed by atoms with Crippen molar-refractivity contribution in [2.24, 2.45) is 0 Å². The van der Waals surface area contributed by atoms with Gasteiger partial charge in [-0.05, 0) is 46.9 Å². The fraction of sp³-hybridized carbons (Fsp3) is 0.405. The van der Waals surface area contributed by atoms with Gasteiger partial charge in [0.15, 0.2) is 0 Å². The van der Waals surface area contributed by atoms with Crippen molar-refractivity contribution >= 4 is 0 Å². The molecular formula is C42H50FNO2. The van der Waals surface area contributed by atoms with E-state index >= 15 is 0 Å². The van der Waals surface area contributed by atoms with Gasteiger partial charge in [-0.2, -0.15) is 5.26 Å². The Hall–Kier alpha value is -3.78. The van der Waals surface area contributed by atoms with E-state index in [1.807, 2.05) is 18.2 Å². The van der Waals surface area contributed by atoms with Gasteiger partial charge in [-0.15, -0.1) is 0 Å². The highest BCUT2D eigenvalue weighted by Gasteiger charge is 2.38. The zero-order valence-electron chi connectivity index (χ0n) is 27.5. The number of nitrogens with zero attached hydrogens (tertiary/aromatic N) is 1. The molecule has 3 nitrogen and oxygen atoms in total. The monoisotopic (exact) mass is 619 g/mol. The lowest BCUT2D eigenvalue weighted by atomic mass is 9.80. The van der Waals surface area contributed by atoms with Crippen LogP contribution in [0.15, 0.2) is 109 Å². The van der Waals surface area contributed by atoms with Crippen molar-refractivity contribution < 1.29 is 13.9 Å². The molecule has 0 bridgehead atoms. The number of hydrogen-bond acceptors (Lipinski definition) is 3. The molecule has 0 aliphatic heterocycles. The molecule has 0 aliphatic carbocycles. The molecule has 4 heteroatoms. The minimum atomic E-state index is -0.838. The van der Waals surface area contributed by atoms with Crippen molar-refractivity contribution in [3.63, 3.8) is 0 Å². The second kappa shape index (κ2) is 19.7. The average molecular weight is 620 g/mol. The van der Waals surface area contributed by atoms with E-state index in [1.54, 1.807) is 6.07 Å². The van der Waals surface area contributed by atoms with Gasteiger partial charge in [-0.1, -0.05) is 169 Å². The van der Waals surface area contributed by atoms with Gasteiger partial charge in [0, 0.05) is 0 Å². The molecule has 0 unspecified atom stereocenters. The summed E-state index contributed by atoms with van der Waals surface area (Å²) in [5.41, 5.74) is 3.25. The molecule has 1 atom stereocenters. The van der Waals surface area contributed by atoms with Gasteiger partial charge in [0.25, 0.3) is 0 Å². The fourth-order valence-corrected chi connectivity index (χ4v) is 6.25. The lowest BCUT2D eigenvalue weighted by Gasteiger charge is -2.37. The van der Waals surface area contributed by atoms with Crippen LogP contribution >= 0.6 is 0 Å². The van der Waals surface area contributed by atoms with E-state index in [1.165, 1.54) is 69.9 Å². The Bertz CT molecular complexity index is 1340.